The van der Waals surface area contributed by atoms with Gasteiger partial charge in [0.05, 0.1) is 16.5 Å². The van der Waals surface area contributed by atoms with E-state index in [2.05, 4.69) is 4.98 Å². The van der Waals surface area contributed by atoms with Crippen LogP contribution in [-0.2, 0) is 16.0 Å². The number of hydrogen-bond donors (Lipinski definition) is 0. The van der Waals surface area contributed by atoms with Crippen molar-refractivity contribution < 1.29 is 14.3 Å². The molecular weight excluding hydrogens is 310 g/mol. The molecule has 5 heteroatoms. The molecule has 0 amide bonds. The first-order valence-electron chi connectivity index (χ1n) is 7.62. The number of benzene rings is 1. The summed E-state index contributed by atoms with van der Waals surface area (Å²) in [6.45, 7) is 11.1. The number of esters is 1. The molecule has 0 saturated heterocycles. The molecule has 0 aliphatic heterocycles. The van der Waals surface area contributed by atoms with Crippen LogP contribution in [0.2, 0.25) is 0 Å². The number of nitrogens with zero attached hydrogens (tertiary/aromatic N) is 1. The fourth-order valence-electron chi connectivity index (χ4n) is 1.78. The summed E-state index contributed by atoms with van der Waals surface area (Å²) in [5, 5.41) is 0.749. The number of rotatable bonds is 3. The van der Waals surface area contributed by atoms with Crippen molar-refractivity contribution in [1.29, 1.82) is 0 Å². The summed E-state index contributed by atoms with van der Waals surface area (Å²) in [7, 11) is 0. The zero-order chi connectivity index (χ0) is 17.4. The molecule has 124 valence electrons. The number of Topliss-reactive ketones (excluding diaryl/α,β-unsaturated/α-hetero) is 1. The number of ketones is 1. The molecule has 0 aliphatic rings. The van der Waals surface area contributed by atoms with Crippen molar-refractivity contribution in [2.45, 2.75) is 48.0 Å². The van der Waals surface area contributed by atoms with E-state index in [-0.39, 0.29) is 17.2 Å². The van der Waals surface area contributed by atoms with Crippen LogP contribution in [0, 0.1) is 10.8 Å². The van der Waals surface area contributed by atoms with Crippen molar-refractivity contribution in [3.05, 3.63) is 23.2 Å². The third-order valence-corrected chi connectivity index (χ3v) is 4.41. The molecule has 2 rings (SSSR count). The molecule has 1 aromatic carbocycles. The van der Waals surface area contributed by atoms with Gasteiger partial charge in [-0.15, -0.1) is 11.3 Å². The first kappa shape index (κ1) is 17.6. The Morgan fingerprint density at radius 2 is 1.74 bits per heavy atom. The normalized spacial score (nSPS) is 12.4. The largest absolute Gasteiger partial charge is 0.424 e. The highest BCUT2D eigenvalue weighted by Gasteiger charge is 2.26. The van der Waals surface area contributed by atoms with Crippen LogP contribution in [0.15, 0.2) is 18.2 Å². The average molecular weight is 333 g/mol. The Labute approximate surface area is 140 Å². The summed E-state index contributed by atoms with van der Waals surface area (Å²) < 4.78 is 6.42. The summed E-state index contributed by atoms with van der Waals surface area (Å²) in [5.41, 5.74) is -0.324. The lowest BCUT2D eigenvalue weighted by atomic mass is 9.89. The average Bonchev–Trinajstić information content (AvgIpc) is 2.79. The van der Waals surface area contributed by atoms with Gasteiger partial charge in [-0.1, -0.05) is 26.8 Å². The van der Waals surface area contributed by atoms with Gasteiger partial charge in [0.15, 0.2) is 5.75 Å². The number of para-hydroxylation sites is 1. The minimum atomic E-state index is -0.580. The summed E-state index contributed by atoms with van der Waals surface area (Å²) in [4.78, 5) is 28.8. The fraction of sp³-hybridized carbons (Fsp3) is 0.500. The van der Waals surface area contributed by atoms with Crippen molar-refractivity contribution in [2.75, 3.05) is 0 Å². The predicted octanol–water partition coefficient (Wildman–Crippen LogP) is 4.41. The molecule has 1 aromatic heterocycles. The third-order valence-electron chi connectivity index (χ3n) is 3.39. The zero-order valence-electron chi connectivity index (χ0n) is 14.5. The van der Waals surface area contributed by atoms with Gasteiger partial charge in [0.25, 0.3) is 0 Å². The van der Waals surface area contributed by atoms with Crippen LogP contribution in [0.5, 0.6) is 5.75 Å². The van der Waals surface area contributed by atoms with Crippen LogP contribution in [0.1, 0.15) is 46.6 Å². The minimum Gasteiger partial charge on any atom is -0.424 e. The lowest BCUT2D eigenvalue weighted by molar-refractivity contribution is -0.142. The molecule has 23 heavy (non-hydrogen) atoms. The molecule has 0 aliphatic carbocycles. The Balaban J connectivity index is 2.32. The van der Waals surface area contributed by atoms with E-state index in [4.69, 9.17) is 4.74 Å². The molecule has 0 saturated carbocycles. The monoisotopic (exact) mass is 333 g/mol. The highest BCUT2D eigenvalue weighted by Crippen LogP contribution is 2.32. The molecule has 4 nitrogen and oxygen atoms in total. The molecule has 2 aromatic rings. The second-order valence-corrected chi connectivity index (χ2v) is 8.82. The van der Waals surface area contributed by atoms with Crippen LogP contribution in [0.25, 0.3) is 10.2 Å². The van der Waals surface area contributed by atoms with Gasteiger partial charge in [0.2, 0.25) is 0 Å². The smallest absolute Gasteiger partial charge is 0.316 e. The minimum absolute atomic E-state index is 0.143. The molecule has 0 bridgehead atoms. The molecule has 0 spiro atoms. The highest BCUT2D eigenvalue weighted by molar-refractivity contribution is 7.18. The second-order valence-electron chi connectivity index (χ2n) is 7.70. The lowest BCUT2D eigenvalue weighted by Crippen LogP contribution is -2.25. The van der Waals surface area contributed by atoms with Gasteiger partial charge in [-0.2, -0.15) is 0 Å². The van der Waals surface area contributed by atoms with Crippen molar-refractivity contribution in [3.63, 3.8) is 0 Å². The lowest BCUT2D eigenvalue weighted by Gasteiger charge is -2.16. The number of thiazole rings is 1. The molecule has 0 N–H and O–H groups in total. The Morgan fingerprint density at radius 1 is 1.09 bits per heavy atom. The number of carbonyl (C=O) groups excluding carboxylic acids is 2. The maximum Gasteiger partial charge on any atom is 0.316 e. The first-order valence-corrected chi connectivity index (χ1v) is 8.44. The van der Waals surface area contributed by atoms with Crippen LogP contribution in [-0.4, -0.2) is 16.7 Å². The molecule has 1 heterocycles. The maximum atomic E-state index is 12.2. The number of fused-ring (bicyclic) bond motifs is 1. The molecule has 0 unspecified atom stereocenters. The number of ether oxygens (including phenoxy) is 1. The highest BCUT2D eigenvalue weighted by atomic mass is 32.1. The summed E-state index contributed by atoms with van der Waals surface area (Å²) >= 11 is 1.47. The number of aromatic nitrogens is 1. The second kappa shape index (κ2) is 6.04. The topological polar surface area (TPSA) is 56.3 Å². The van der Waals surface area contributed by atoms with Crippen LogP contribution in [0.4, 0.5) is 0 Å². The van der Waals surface area contributed by atoms with E-state index >= 15 is 0 Å². The van der Waals surface area contributed by atoms with E-state index in [9.17, 15) is 9.59 Å². The van der Waals surface area contributed by atoms with E-state index in [1.165, 1.54) is 11.3 Å². The molecule has 0 atom stereocenters. The van der Waals surface area contributed by atoms with E-state index in [1.807, 2.05) is 53.7 Å². The van der Waals surface area contributed by atoms with Crippen molar-refractivity contribution >= 4 is 33.3 Å². The van der Waals surface area contributed by atoms with Crippen molar-refractivity contribution in [1.82, 2.24) is 4.98 Å². The SMILES string of the molecule is CC(C)(C)C(=O)Cc1nc2c(OC(=O)C(C)(C)C)cccc2s1. The molecule has 0 fully saturated rings. The van der Waals surface area contributed by atoms with Crippen molar-refractivity contribution in [3.8, 4) is 5.75 Å². The van der Waals surface area contributed by atoms with Gasteiger partial charge in [0.1, 0.15) is 16.3 Å². The van der Waals surface area contributed by atoms with Gasteiger partial charge < -0.3 is 4.74 Å². The van der Waals surface area contributed by atoms with Crippen LogP contribution >= 0.6 is 11.3 Å². The van der Waals surface area contributed by atoms with Crippen molar-refractivity contribution in [2.24, 2.45) is 10.8 Å². The Bertz CT molecular complexity index is 748. The van der Waals surface area contributed by atoms with Gasteiger partial charge in [0, 0.05) is 5.41 Å². The van der Waals surface area contributed by atoms with E-state index in [0.29, 0.717) is 17.7 Å². The standard InChI is InChI=1S/C18H23NO3S/c1-17(2,3)13(20)10-14-19-15-11(8-7-9-12(15)23-14)22-16(21)18(4,5)6/h7-9H,10H2,1-6H3. The van der Waals surface area contributed by atoms with Gasteiger partial charge >= 0.3 is 5.97 Å². The van der Waals surface area contributed by atoms with Gasteiger partial charge in [-0.25, -0.2) is 4.98 Å². The maximum absolute atomic E-state index is 12.2. The Morgan fingerprint density at radius 3 is 2.30 bits per heavy atom. The Hall–Kier alpha value is -1.75. The quantitative estimate of drug-likeness (QED) is 0.617. The molecule has 0 radical (unpaired) electrons. The van der Waals surface area contributed by atoms with E-state index in [0.717, 1.165) is 9.71 Å². The van der Waals surface area contributed by atoms with Crippen LogP contribution in [0.3, 0.4) is 0 Å². The summed E-state index contributed by atoms with van der Waals surface area (Å²) in [6, 6.07) is 5.49. The fourth-order valence-corrected chi connectivity index (χ4v) is 2.77. The number of carbonyl (C=O) groups is 2. The molecular formula is C18H23NO3S. The third kappa shape index (κ3) is 4.16. The van der Waals surface area contributed by atoms with Crippen LogP contribution < -0.4 is 4.74 Å². The van der Waals surface area contributed by atoms with E-state index in [1.54, 1.807) is 6.07 Å². The van der Waals surface area contributed by atoms with Gasteiger partial charge in [-0.05, 0) is 32.9 Å². The van der Waals surface area contributed by atoms with Gasteiger partial charge in [-0.3, -0.25) is 9.59 Å². The van der Waals surface area contributed by atoms with E-state index < -0.39 is 5.41 Å². The summed E-state index contributed by atoms with van der Waals surface area (Å²) in [6.07, 6.45) is 0.301. The number of hydrogen-bond acceptors (Lipinski definition) is 5. The zero-order valence-corrected chi connectivity index (χ0v) is 15.3. The first-order chi connectivity index (χ1) is 10.5. The predicted molar refractivity (Wildman–Crippen MR) is 92.9 cm³/mol. The summed E-state index contributed by atoms with van der Waals surface area (Å²) in [5.74, 6) is 0.295. The Kier molecular flexibility index (Phi) is 4.62.